The molecule has 1 aliphatic rings. The summed E-state index contributed by atoms with van der Waals surface area (Å²) in [6.07, 6.45) is 0.201. The highest BCUT2D eigenvalue weighted by molar-refractivity contribution is 9.10. The number of nitrogens with zero attached hydrogens (tertiary/aromatic N) is 1. The van der Waals surface area contributed by atoms with Gasteiger partial charge in [0.15, 0.2) is 0 Å². The van der Waals surface area contributed by atoms with E-state index < -0.39 is 5.91 Å². The van der Waals surface area contributed by atoms with Crippen molar-refractivity contribution in [3.05, 3.63) is 58.6 Å². The van der Waals surface area contributed by atoms with Gasteiger partial charge in [0.05, 0.1) is 12.5 Å². The molecule has 1 aliphatic heterocycles. The van der Waals surface area contributed by atoms with Crippen molar-refractivity contribution < 1.29 is 10.0 Å². The van der Waals surface area contributed by atoms with Gasteiger partial charge in [0.2, 0.25) is 5.91 Å². The van der Waals surface area contributed by atoms with Crippen LogP contribution in [0.5, 0.6) is 0 Å². The number of nitrogens with one attached hydrogen (secondary N) is 1. The Labute approximate surface area is 135 Å². The van der Waals surface area contributed by atoms with Gasteiger partial charge in [-0.1, -0.05) is 40.2 Å². The molecule has 4 nitrogen and oxygen atoms in total. The highest BCUT2D eigenvalue weighted by atomic mass is 79.9. The maximum atomic E-state index is 11.6. The molecule has 0 saturated heterocycles. The molecular weight excluding hydrogens is 352 g/mol. The van der Waals surface area contributed by atoms with Crippen molar-refractivity contribution in [1.29, 1.82) is 0 Å². The van der Waals surface area contributed by atoms with E-state index in [0.29, 0.717) is 0 Å². The monoisotopic (exact) mass is 364 g/mol. The van der Waals surface area contributed by atoms with Gasteiger partial charge in [0, 0.05) is 15.1 Å². The van der Waals surface area contributed by atoms with Crippen LogP contribution in [0.3, 0.4) is 0 Å². The lowest BCUT2D eigenvalue weighted by atomic mass is 10.0. The van der Waals surface area contributed by atoms with Gasteiger partial charge in [-0.05, 0) is 41.8 Å². The van der Waals surface area contributed by atoms with Crippen molar-refractivity contribution in [3.63, 3.8) is 0 Å². The van der Waals surface area contributed by atoms with Gasteiger partial charge in [0.25, 0.3) is 0 Å². The Morgan fingerprint density at radius 2 is 2.05 bits per heavy atom. The molecule has 1 unspecified atom stereocenters. The summed E-state index contributed by atoms with van der Waals surface area (Å²) >= 11 is 5.08. The first kappa shape index (κ1) is 14.4. The van der Waals surface area contributed by atoms with Crippen molar-refractivity contribution >= 4 is 39.5 Å². The van der Waals surface area contributed by atoms with Gasteiger partial charge in [-0.3, -0.25) is 10.0 Å². The summed E-state index contributed by atoms with van der Waals surface area (Å²) in [5.74, 6) is -0.391. The van der Waals surface area contributed by atoms with E-state index in [9.17, 15) is 4.79 Å². The summed E-state index contributed by atoms with van der Waals surface area (Å²) in [4.78, 5) is 12.7. The minimum absolute atomic E-state index is 0.104. The molecule has 2 aromatic carbocycles. The topological polar surface area (TPSA) is 52.6 Å². The molecule has 1 heterocycles. The number of amides is 1. The van der Waals surface area contributed by atoms with Crippen molar-refractivity contribution in [3.8, 4) is 0 Å². The fourth-order valence-corrected chi connectivity index (χ4v) is 4.14. The van der Waals surface area contributed by atoms with Gasteiger partial charge in [0.1, 0.15) is 0 Å². The van der Waals surface area contributed by atoms with Crippen molar-refractivity contribution in [2.45, 2.75) is 17.4 Å². The number of carbonyl (C=O) groups excluding carboxylic acids is 1. The van der Waals surface area contributed by atoms with Crippen LogP contribution in [0.2, 0.25) is 0 Å². The van der Waals surface area contributed by atoms with Crippen LogP contribution in [-0.2, 0) is 4.79 Å². The molecule has 108 valence electrons. The van der Waals surface area contributed by atoms with Gasteiger partial charge in [-0.15, -0.1) is 0 Å². The number of fused-ring (bicyclic) bond motifs is 1. The maximum absolute atomic E-state index is 11.6. The van der Waals surface area contributed by atoms with Gasteiger partial charge in [-0.2, -0.15) is 0 Å². The Bertz CT molecular complexity index is 666. The second-order valence-electron chi connectivity index (χ2n) is 4.69. The van der Waals surface area contributed by atoms with E-state index in [0.717, 1.165) is 20.6 Å². The van der Waals surface area contributed by atoms with E-state index >= 15 is 0 Å². The number of rotatable bonds is 3. The number of carbonyl (C=O) groups is 1. The highest BCUT2D eigenvalue weighted by Gasteiger charge is 2.33. The molecule has 0 aromatic heterocycles. The minimum atomic E-state index is -0.391. The number of hydroxylamine groups is 1. The number of hydrogen-bond acceptors (Lipinski definition) is 4. The van der Waals surface area contributed by atoms with Gasteiger partial charge >= 0.3 is 0 Å². The smallest absolute Gasteiger partial charge is 0.245 e. The number of halogens is 1. The Kier molecular flexibility index (Phi) is 4.19. The maximum Gasteiger partial charge on any atom is 0.245 e. The molecule has 0 spiro atoms. The number of anilines is 1. The first-order valence-electron chi connectivity index (χ1n) is 6.43. The lowest BCUT2D eigenvalue weighted by molar-refractivity contribution is -0.129. The van der Waals surface area contributed by atoms with Crippen molar-refractivity contribution in [1.82, 2.24) is 5.48 Å². The second-order valence-corrected chi connectivity index (χ2v) is 6.62. The molecule has 2 N–H and O–H groups in total. The Balaban J connectivity index is 1.99. The molecule has 6 heteroatoms. The zero-order valence-corrected chi connectivity index (χ0v) is 13.4. The minimum Gasteiger partial charge on any atom is -0.304 e. The highest BCUT2D eigenvalue weighted by Crippen LogP contribution is 2.48. The predicted octanol–water partition coefficient (Wildman–Crippen LogP) is 3.91. The fraction of sp³-hybridized carbons (Fsp3) is 0.133. The van der Waals surface area contributed by atoms with Crippen LogP contribution in [0, 0.1) is 0 Å². The number of benzene rings is 2. The molecular formula is C15H13BrN2O2S. The largest absolute Gasteiger partial charge is 0.304 e. The van der Waals surface area contributed by atoms with Crippen molar-refractivity contribution in [2.24, 2.45) is 0 Å². The van der Waals surface area contributed by atoms with Crippen LogP contribution in [0.1, 0.15) is 18.0 Å². The molecule has 1 atom stereocenters. The van der Waals surface area contributed by atoms with Crippen LogP contribution in [-0.4, -0.2) is 11.1 Å². The van der Waals surface area contributed by atoms with Crippen LogP contribution in [0.4, 0.5) is 5.69 Å². The van der Waals surface area contributed by atoms with Crippen LogP contribution >= 0.6 is 27.9 Å². The SMILES string of the molecule is O=C(CC1c2ccc(Br)cc2SN1c1ccccc1)NO. The third-order valence-electron chi connectivity index (χ3n) is 3.33. The molecule has 0 bridgehead atoms. The number of hydrogen-bond donors (Lipinski definition) is 2. The first-order chi connectivity index (χ1) is 10.2. The molecule has 21 heavy (non-hydrogen) atoms. The molecule has 3 rings (SSSR count). The van der Waals surface area contributed by atoms with E-state index in [1.807, 2.05) is 48.5 Å². The molecule has 0 saturated carbocycles. The summed E-state index contributed by atoms with van der Waals surface area (Å²) in [5.41, 5.74) is 3.85. The van der Waals surface area contributed by atoms with Gasteiger partial charge in [-0.25, -0.2) is 5.48 Å². The van der Waals surface area contributed by atoms with E-state index in [1.54, 1.807) is 17.4 Å². The fourth-order valence-electron chi connectivity index (χ4n) is 2.38. The second kappa shape index (κ2) is 6.09. The zero-order chi connectivity index (χ0) is 14.8. The lowest BCUT2D eigenvalue weighted by Gasteiger charge is -2.24. The van der Waals surface area contributed by atoms with E-state index in [1.165, 1.54) is 0 Å². The number of para-hydroxylation sites is 1. The van der Waals surface area contributed by atoms with Crippen LogP contribution < -0.4 is 9.79 Å². The molecule has 0 radical (unpaired) electrons. The van der Waals surface area contributed by atoms with E-state index in [4.69, 9.17) is 5.21 Å². The summed E-state index contributed by atoms with van der Waals surface area (Å²) < 4.78 is 3.11. The lowest BCUT2D eigenvalue weighted by Crippen LogP contribution is -2.26. The third-order valence-corrected chi connectivity index (χ3v) is 5.03. The molecule has 2 aromatic rings. The van der Waals surface area contributed by atoms with E-state index in [-0.39, 0.29) is 12.5 Å². The zero-order valence-electron chi connectivity index (χ0n) is 11.0. The summed E-state index contributed by atoms with van der Waals surface area (Å²) in [7, 11) is 0. The van der Waals surface area contributed by atoms with E-state index in [2.05, 4.69) is 20.2 Å². The van der Waals surface area contributed by atoms with Crippen LogP contribution in [0.25, 0.3) is 0 Å². The average molecular weight is 365 g/mol. The molecule has 0 aliphatic carbocycles. The standard InChI is InChI=1S/C15H13BrN2O2S/c16-10-6-7-12-13(9-15(19)17-20)18(21-14(12)8-10)11-4-2-1-3-5-11/h1-8,13,20H,9H2,(H,17,19). The quantitative estimate of drug-likeness (QED) is 0.492. The van der Waals surface area contributed by atoms with Crippen LogP contribution in [0.15, 0.2) is 57.9 Å². The predicted molar refractivity (Wildman–Crippen MR) is 86.2 cm³/mol. The summed E-state index contributed by atoms with van der Waals surface area (Å²) in [5, 5.41) is 8.81. The Morgan fingerprint density at radius 1 is 1.29 bits per heavy atom. The normalized spacial score (nSPS) is 16.7. The third kappa shape index (κ3) is 2.92. The Hall–Kier alpha value is -1.50. The summed E-state index contributed by atoms with van der Waals surface area (Å²) in [6, 6.07) is 15.9. The molecule has 1 amide bonds. The van der Waals surface area contributed by atoms with Crippen molar-refractivity contribution in [2.75, 3.05) is 4.31 Å². The molecule has 0 fully saturated rings. The average Bonchev–Trinajstić information content (AvgIpc) is 2.85. The summed E-state index contributed by atoms with van der Waals surface area (Å²) in [6.45, 7) is 0. The first-order valence-corrected chi connectivity index (χ1v) is 8.00. The van der Waals surface area contributed by atoms with Gasteiger partial charge < -0.3 is 4.31 Å². The Morgan fingerprint density at radius 3 is 2.76 bits per heavy atom.